The normalized spacial score (nSPS) is 25.3. The third-order valence-corrected chi connectivity index (χ3v) is 4.23. The summed E-state index contributed by atoms with van der Waals surface area (Å²) in [5.74, 6) is -0.339. The Labute approximate surface area is 113 Å². The van der Waals surface area contributed by atoms with E-state index < -0.39 is 12.0 Å². The van der Waals surface area contributed by atoms with Gasteiger partial charge in [-0.1, -0.05) is 32.1 Å². The van der Waals surface area contributed by atoms with E-state index in [1.165, 1.54) is 37.0 Å². The summed E-state index contributed by atoms with van der Waals surface area (Å²) in [4.78, 5) is 24.7. The van der Waals surface area contributed by atoms with Crippen molar-refractivity contribution in [2.24, 2.45) is 5.92 Å². The van der Waals surface area contributed by atoms with Gasteiger partial charge in [0, 0.05) is 13.0 Å². The lowest BCUT2D eigenvalue weighted by atomic mass is 9.86. The number of morpholine rings is 1. The Morgan fingerprint density at radius 2 is 1.95 bits per heavy atom. The summed E-state index contributed by atoms with van der Waals surface area (Å²) in [6.07, 6.45) is 7.69. The van der Waals surface area contributed by atoms with Gasteiger partial charge < -0.3 is 14.7 Å². The molecule has 1 aliphatic carbocycles. The first kappa shape index (κ1) is 14.3. The molecule has 19 heavy (non-hydrogen) atoms. The van der Waals surface area contributed by atoms with Gasteiger partial charge in [-0.3, -0.25) is 4.79 Å². The molecule has 1 aliphatic heterocycles. The van der Waals surface area contributed by atoms with Crippen molar-refractivity contribution in [3.05, 3.63) is 0 Å². The molecule has 1 unspecified atom stereocenters. The number of rotatable bonds is 4. The number of carbonyl (C=O) groups is 2. The van der Waals surface area contributed by atoms with Crippen LogP contribution < -0.4 is 0 Å². The fourth-order valence-electron chi connectivity index (χ4n) is 3.05. The van der Waals surface area contributed by atoms with E-state index in [4.69, 9.17) is 9.84 Å². The van der Waals surface area contributed by atoms with E-state index in [2.05, 4.69) is 0 Å². The summed E-state index contributed by atoms with van der Waals surface area (Å²) in [5.41, 5.74) is 0. The number of hydrogen-bond donors (Lipinski definition) is 1. The van der Waals surface area contributed by atoms with E-state index in [9.17, 15) is 9.59 Å². The van der Waals surface area contributed by atoms with Gasteiger partial charge in [-0.05, 0) is 12.3 Å². The largest absolute Gasteiger partial charge is 0.480 e. The lowest BCUT2D eigenvalue weighted by molar-refractivity contribution is -0.158. The number of carboxylic acid groups (broad SMARTS) is 1. The molecule has 5 heteroatoms. The minimum atomic E-state index is -0.967. The van der Waals surface area contributed by atoms with Crippen LogP contribution in [0.5, 0.6) is 0 Å². The molecule has 0 aromatic heterocycles. The van der Waals surface area contributed by atoms with Crippen molar-refractivity contribution < 1.29 is 19.4 Å². The molecule has 2 rings (SSSR count). The number of aliphatic carboxylic acids is 1. The minimum absolute atomic E-state index is 0.0266. The molecule has 5 nitrogen and oxygen atoms in total. The minimum Gasteiger partial charge on any atom is -0.480 e. The molecule has 1 saturated carbocycles. The van der Waals surface area contributed by atoms with Crippen molar-refractivity contribution in [3.8, 4) is 0 Å². The molecule has 2 fully saturated rings. The average molecular weight is 269 g/mol. The molecule has 1 saturated heterocycles. The summed E-state index contributed by atoms with van der Waals surface area (Å²) in [6.45, 7) is 0.962. The van der Waals surface area contributed by atoms with E-state index >= 15 is 0 Å². The van der Waals surface area contributed by atoms with Gasteiger partial charge in [-0.15, -0.1) is 0 Å². The second-order valence-corrected chi connectivity index (χ2v) is 5.56. The molecule has 108 valence electrons. The van der Waals surface area contributed by atoms with Crippen molar-refractivity contribution >= 4 is 11.9 Å². The smallest absolute Gasteiger partial charge is 0.328 e. The molecule has 0 spiro atoms. The van der Waals surface area contributed by atoms with Crippen LogP contribution in [-0.2, 0) is 14.3 Å². The summed E-state index contributed by atoms with van der Waals surface area (Å²) >= 11 is 0. The van der Waals surface area contributed by atoms with Gasteiger partial charge in [0.2, 0.25) is 5.91 Å². The second-order valence-electron chi connectivity index (χ2n) is 5.56. The monoisotopic (exact) mass is 269 g/mol. The quantitative estimate of drug-likeness (QED) is 0.843. The predicted molar refractivity (Wildman–Crippen MR) is 69.8 cm³/mol. The molecule has 0 aromatic rings. The fraction of sp³-hybridized carbons (Fsp3) is 0.857. The van der Waals surface area contributed by atoms with Gasteiger partial charge in [0.1, 0.15) is 0 Å². The number of amides is 1. The van der Waals surface area contributed by atoms with E-state index in [0.29, 0.717) is 25.5 Å². The highest BCUT2D eigenvalue weighted by Gasteiger charge is 2.32. The summed E-state index contributed by atoms with van der Waals surface area (Å²) < 4.78 is 5.14. The highest BCUT2D eigenvalue weighted by atomic mass is 16.5. The molecule has 1 atom stereocenters. The first-order valence-corrected chi connectivity index (χ1v) is 7.28. The summed E-state index contributed by atoms with van der Waals surface area (Å²) in [5, 5.41) is 9.10. The molecule has 1 heterocycles. The zero-order chi connectivity index (χ0) is 13.7. The summed E-state index contributed by atoms with van der Waals surface area (Å²) in [7, 11) is 0. The third-order valence-electron chi connectivity index (χ3n) is 4.23. The number of hydrogen-bond acceptors (Lipinski definition) is 3. The van der Waals surface area contributed by atoms with Gasteiger partial charge in [-0.2, -0.15) is 0 Å². The highest BCUT2D eigenvalue weighted by Crippen LogP contribution is 2.27. The fourth-order valence-corrected chi connectivity index (χ4v) is 3.05. The van der Waals surface area contributed by atoms with Crippen LogP contribution in [0.2, 0.25) is 0 Å². The number of carbonyl (C=O) groups excluding carboxylic acids is 1. The van der Waals surface area contributed by atoms with Gasteiger partial charge >= 0.3 is 5.97 Å². The van der Waals surface area contributed by atoms with Gasteiger partial charge in [0.25, 0.3) is 0 Å². The van der Waals surface area contributed by atoms with E-state index in [0.717, 1.165) is 6.42 Å². The van der Waals surface area contributed by atoms with Crippen LogP contribution >= 0.6 is 0 Å². The maximum atomic E-state index is 12.2. The zero-order valence-corrected chi connectivity index (χ0v) is 11.3. The van der Waals surface area contributed by atoms with Gasteiger partial charge in [0.05, 0.1) is 13.2 Å². The molecular formula is C14H23NO4. The summed E-state index contributed by atoms with van der Waals surface area (Å²) in [6, 6.07) is -0.799. The number of ether oxygens (including phenoxy) is 1. The predicted octanol–water partition coefficient (Wildman–Crippen LogP) is 1.66. The number of carboxylic acids is 1. The Morgan fingerprint density at radius 3 is 2.63 bits per heavy atom. The van der Waals surface area contributed by atoms with Crippen molar-refractivity contribution in [1.82, 2.24) is 4.90 Å². The van der Waals surface area contributed by atoms with Crippen molar-refractivity contribution in [1.29, 1.82) is 0 Å². The van der Waals surface area contributed by atoms with Crippen LogP contribution in [0, 0.1) is 5.92 Å². The first-order chi connectivity index (χ1) is 9.18. The lowest BCUT2D eigenvalue weighted by Gasteiger charge is -2.33. The molecule has 0 radical (unpaired) electrons. The third kappa shape index (κ3) is 3.93. The topological polar surface area (TPSA) is 66.8 Å². The highest BCUT2D eigenvalue weighted by molar-refractivity contribution is 5.84. The van der Waals surface area contributed by atoms with Crippen molar-refractivity contribution in [2.75, 3.05) is 19.8 Å². The van der Waals surface area contributed by atoms with Crippen molar-refractivity contribution in [2.45, 2.75) is 51.0 Å². The Bertz CT molecular complexity index is 325. The van der Waals surface area contributed by atoms with E-state index in [-0.39, 0.29) is 12.5 Å². The van der Waals surface area contributed by atoms with Crippen LogP contribution in [0.15, 0.2) is 0 Å². The van der Waals surface area contributed by atoms with E-state index in [1.54, 1.807) is 0 Å². The standard InChI is InChI=1S/C14H23NO4/c16-13(7-6-11-4-2-1-3-5-11)15-8-9-19-10-12(15)14(17)18/h11-12H,1-10H2,(H,17,18). The first-order valence-electron chi connectivity index (χ1n) is 7.28. The van der Waals surface area contributed by atoms with Crippen LogP contribution in [0.3, 0.4) is 0 Å². The zero-order valence-electron chi connectivity index (χ0n) is 11.3. The molecule has 2 aliphatic rings. The average Bonchev–Trinajstić information content (AvgIpc) is 2.46. The number of nitrogens with zero attached hydrogens (tertiary/aromatic N) is 1. The van der Waals surface area contributed by atoms with Crippen LogP contribution in [0.1, 0.15) is 44.9 Å². The Balaban J connectivity index is 1.81. The van der Waals surface area contributed by atoms with E-state index in [1.807, 2.05) is 0 Å². The maximum Gasteiger partial charge on any atom is 0.328 e. The Kier molecular flexibility index (Phi) is 5.19. The van der Waals surface area contributed by atoms with Crippen LogP contribution in [0.25, 0.3) is 0 Å². The molecule has 1 N–H and O–H groups in total. The molecular weight excluding hydrogens is 246 g/mol. The Hall–Kier alpha value is -1.10. The lowest BCUT2D eigenvalue weighted by Crippen LogP contribution is -2.52. The maximum absolute atomic E-state index is 12.2. The van der Waals surface area contributed by atoms with Gasteiger partial charge in [-0.25, -0.2) is 4.79 Å². The molecule has 1 amide bonds. The molecule has 0 aromatic carbocycles. The molecule has 0 bridgehead atoms. The SMILES string of the molecule is O=C(O)C1COCCN1C(=O)CCC1CCCCC1. The van der Waals surface area contributed by atoms with Crippen molar-refractivity contribution in [3.63, 3.8) is 0 Å². The van der Waals surface area contributed by atoms with Gasteiger partial charge in [0.15, 0.2) is 6.04 Å². The van der Waals surface area contributed by atoms with Crippen LogP contribution in [-0.4, -0.2) is 47.7 Å². The van der Waals surface area contributed by atoms with Crippen LogP contribution in [0.4, 0.5) is 0 Å². The Morgan fingerprint density at radius 1 is 1.21 bits per heavy atom. The second kappa shape index (κ2) is 6.89.